The summed E-state index contributed by atoms with van der Waals surface area (Å²) >= 11 is 0. The van der Waals surface area contributed by atoms with Crippen molar-refractivity contribution in [3.05, 3.63) is 56.9 Å². The molecule has 0 spiro atoms. The van der Waals surface area contributed by atoms with Crippen LogP contribution in [0.15, 0.2) is 29.1 Å². The third-order valence-corrected chi connectivity index (χ3v) is 5.80. The topological polar surface area (TPSA) is 90.7 Å². The maximum Gasteiger partial charge on any atom is 0.340 e. The van der Waals surface area contributed by atoms with E-state index in [4.69, 9.17) is 14.5 Å². The van der Waals surface area contributed by atoms with Gasteiger partial charge in [0.15, 0.2) is 6.10 Å². The Morgan fingerprint density at radius 3 is 2.80 bits per heavy atom. The Morgan fingerprint density at radius 2 is 2.07 bits per heavy atom. The Kier molecular flexibility index (Phi) is 4.18. The fraction of sp³-hybridized carbons (Fsp3) is 0.348. The van der Waals surface area contributed by atoms with Gasteiger partial charge in [0.25, 0.3) is 5.56 Å². The number of fused-ring (bicyclic) bond motifs is 5. The van der Waals surface area contributed by atoms with Crippen molar-refractivity contribution >= 4 is 16.9 Å². The molecule has 1 N–H and O–H groups in total. The highest BCUT2D eigenvalue weighted by atomic mass is 16.6. The molecule has 154 valence electrons. The molecule has 0 amide bonds. The van der Waals surface area contributed by atoms with E-state index in [1.165, 1.54) is 0 Å². The Hall–Kier alpha value is -3.19. The van der Waals surface area contributed by atoms with Crippen molar-refractivity contribution in [2.24, 2.45) is 0 Å². The fourth-order valence-electron chi connectivity index (χ4n) is 4.49. The molecule has 30 heavy (non-hydrogen) atoms. The third kappa shape index (κ3) is 2.65. The summed E-state index contributed by atoms with van der Waals surface area (Å²) in [4.78, 5) is 30.5. The second-order valence-electron chi connectivity index (χ2n) is 8.00. The first-order chi connectivity index (χ1) is 14.4. The molecule has 1 atom stereocenters. The zero-order chi connectivity index (χ0) is 21.2. The van der Waals surface area contributed by atoms with Crippen LogP contribution in [0.25, 0.3) is 22.3 Å². The van der Waals surface area contributed by atoms with Crippen LogP contribution >= 0.6 is 0 Å². The maximum atomic E-state index is 13.3. The van der Waals surface area contributed by atoms with Crippen molar-refractivity contribution in [3.8, 4) is 17.1 Å². The van der Waals surface area contributed by atoms with Crippen LogP contribution in [0, 0.1) is 0 Å². The van der Waals surface area contributed by atoms with Crippen LogP contribution in [-0.2, 0) is 33.8 Å². The van der Waals surface area contributed by atoms with Gasteiger partial charge < -0.3 is 19.1 Å². The molecular formula is C23H22N2O5. The predicted molar refractivity (Wildman–Crippen MR) is 110 cm³/mol. The van der Waals surface area contributed by atoms with E-state index >= 15 is 0 Å². The number of cyclic esters (lactones) is 1. The van der Waals surface area contributed by atoms with Crippen LogP contribution in [0.4, 0.5) is 0 Å². The summed E-state index contributed by atoms with van der Waals surface area (Å²) < 4.78 is 12.7. The van der Waals surface area contributed by atoms with Crippen LogP contribution in [0.3, 0.4) is 0 Å². The van der Waals surface area contributed by atoms with Crippen molar-refractivity contribution in [1.29, 1.82) is 0 Å². The van der Waals surface area contributed by atoms with Crippen molar-refractivity contribution in [1.82, 2.24) is 9.55 Å². The van der Waals surface area contributed by atoms with Crippen molar-refractivity contribution < 1.29 is 19.4 Å². The number of aromatic nitrogens is 2. The number of ether oxygens (including phenoxy) is 2. The van der Waals surface area contributed by atoms with Gasteiger partial charge in [-0.25, -0.2) is 9.78 Å². The smallest absolute Gasteiger partial charge is 0.340 e. The number of nitrogens with zero attached hydrogens (tertiary/aromatic N) is 2. The molecule has 4 heterocycles. The van der Waals surface area contributed by atoms with Crippen LogP contribution in [0.1, 0.15) is 49.1 Å². The summed E-state index contributed by atoms with van der Waals surface area (Å²) in [5.41, 5.74) is 5.07. The molecule has 0 saturated heterocycles. The van der Waals surface area contributed by atoms with Gasteiger partial charge in [0.05, 0.1) is 35.1 Å². The van der Waals surface area contributed by atoms with Crippen LogP contribution in [-0.4, -0.2) is 26.7 Å². The van der Waals surface area contributed by atoms with Crippen LogP contribution in [0.2, 0.25) is 0 Å². The minimum Gasteiger partial charge on any atom is -0.508 e. The first kappa shape index (κ1) is 18.8. The van der Waals surface area contributed by atoms with Gasteiger partial charge in [0.1, 0.15) is 12.4 Å². The summed E-state index contributed by atoms with van der Waals surface area (Å²) in [5.74, 6) is -0.290. The maximum absolute atomic E-state index is 13.3. The quantitative estimate of drug-likeness (QED) is 0.526. The zero-order valence-electron chi connectivity index (χ0n) is 17.1. The van der Waals surface area contributed by atoms with E-state index in [-0.39, 0.29) is 24.0 Å². The van der Waals surface area contributed by atoms with E-state index in [1.54, 1.807) is 22.8 Å². The lowest BCUT2D eigenvalue weighted by atomic mass is 9.97. The number of phenolic OH excluding ortho intramolecular Hbond substituents is 1. The van der Waals surface area contributed by atoms with Crippen molar-refractivity contribution in [2.45, 2.75) is 52.6 Å². The first-order valence-electron chi connectivity index (χ1n) is 10.1. The summed E-state index contributed by atoms with van der Waals surface area (Å²) in [7, 11) is 0. The molecular weight excluding hydrogens is 384 g/mol. The molecule has 7 nitrogen and oxygen atoms in total. The molecule has 1 unspecified atom stereocenters. The molecule has 0 radical (unpaired) electrons. The van der Waals surface area contributed by atoms with Crippen molar-refractivity contribution in [2.75, 3.05) is 0 Å². The van der Waals surface area contributed by atoms with Crippen LogP contribution < -0.4 is 5.56 Å². The summed E-state index contributed by atoms with van der Waals surface area (Å²) in [6, 6.07) is 6.97. The van der Waals surface area contributed by atoms with E-state index in [9.17, 15) is 14.7 Å². The van der Waals surface area contributed by atoms with Crippen molar-refractivity contribution in [3.63, 3.8) is 0 Å². The monoisotopic (exact) mass is 406 g/mol. The minimum atomic E-state index is -0.917. The zero-order valence-corrected chi connectivity index (χ0v) is 17.1. The average molecular weight is 406 g/mol. The van der Waals surface area contributed by atoms with Gasteiger partial charge in [-0.05, 0) is 50.1 Å². The lowest BCUT2D eigenvalue weighted by Crippen LogP contribution is -2.34. The number of esters is 1. The van der Waals surface area contributed by atoms with Gasteiger partial charge in [-0.3, -0.25) is 4.79 Å². The predicted octanol–water partition coefficient (Wildman–Crippen LogP) is 3.22. The number of benzene rings is 1. The van der Waals surface area contributed by atoms with Gasteiger partial charge in [-0.2, -0.15) is 0 Å². The molecule has 0 fully saturated rings. The number of aromatic hydroxyl groups is 1. The number of rotatable bonds is 3. The molecule has 2 aromatic heterocycles. The van der Waals surface area contributed by atoms with E-state index < -0.39 is 12.1 Å². The second-order valence-corrected chi connectivity index (χ2v) is 8.00. The number of pyridine rings is 2. The van der Waals surface area contributed by atoms with Gasteiger partial charge in [0.2, 0.25) is 0 Å². The average Bonchev–Trinajstić information content (AvgIpc) is 3.07. The Labute approximate surface area is 172 Å². The SMILES string of the molecule is CCc1c2c(nc3ccc(O)cc13)-c1cc3c(c(=O)n1C2)COC(=O)C3OC(C)C. The van der Waals surface area contributed by atoms with Gasteiger partial charge in [-0.15, -0.1) is 0 Å². The largest absolute Gasteiger partial charge is 0.508 e. The van der Waals surface area contributed by atoms with Crippen LogP contribution in [0.5, 0.6) is 5.75 Å². The number of carbonyl (C=O) groups excluding carboxylic acids is 1. The summed E-state index contributed by atoms with van der Waals surface area (Å²) in [6.45, 7) is 6.09. The number of carbonyl (C=O) groups is 1. The molecule has 5 rings (SSSR count). The van der Waals surface area contributed by atoms with Gasteiger partial charge in [-0.1, -0.05) is 6.92 Å². The van der Waals surface area contributed by atoms with E-state index in [2.05, 4.69) is 6.92 Å². The Balaban J connectivity index is 1.77. The summed E-state index contributed by atoms with van der Waals surface area (Å²) in [5, 5.41) is 10.8. The lowest BCUT2D eigenvalue weighted by Gasteiger charge is -2.26. The highest BCUT2D eigenvalue weighted by Crippen LogP contribution is 2.39. The Morgan fingerprint density at radius 1 is 1.27 bits per heavy atom. The molecule has 3 aromatic rings. The van der Waals surface area contributed by atoms with Gasteiger partial charge >= 0.3 is 5.97 Å². The highest BCUT2D eigenvalue weighted by molar-refractivity contribution is 5.89. The number of aryl methyl sites for hydroxylation is 1. The van der Waals surface area contributed by atoms with E-state index in [0.717, 1.165) is 34.1 Å². The van der Waals surface area contributed by atoms with E-state index in [1.807, 2.05) is 19.9 Å². The first-order valence-corrected chi connectivity index (χ1v) is 10.1. The summed E-state index contributed by atoms with van der Waals surface area (Å²) in [6.07, 6.45) is -0.369. The standard InChI is InChI=1S/C23H22N2O5/c1-4-13-14-7-12(26)5-6-18(14)24-20-16(13)9-25-19(20)8-15-17(22(25)27)10-29-23(28)21(15)30-11(2)3/h5-8,11,21,26H,4,9-10H2,1-3H3. The molecule has 2 aliphatic rings. The third-order valence-electron chi connectivity index (χ3n) is 5.80. The van der Waals surface area contributed by atoms with Gasteiger partial charge in [0, 0.05) is 16.5 Å². The molecule has 2 aliphatic heterocycles. The molecule has 0 bridgehead atoms. The Bertz CT molecular complexity index is 1280. The molecule has 0 saturated carbocycles. The second kappa shape index (κ2) is 6.67. The number of hydrogen-bond acceptors (Lipinski definition) is 6. The molecule has 7 heteroatoms. The lowest BCUT2D eigenvalue weighted by molar-refractivity contribution is -0.165. The minimum absolute atomic E-state index is 0.0501. The highest BCUT2D eigenvalue weighted by Gasteiger charge is 2.36. The number of hydrogen-bond donors (Lipinski definition) is 1. The molecule has 0 aliphatic carbocycles. The molecule has 1 aromatic carbocycles. The van der Waals surface area contributed by atoms with E-state index in [0.29, 0.717) is 23.4 Å². The fourth-order valence-corrected chi connectivity index (χ4v) is 4.49. The number of phenols is 1. The normalized spacial score (nSPS) is 17.1.